The van der Waals surface area contributed by atoms with Gasteiger partial charge in [0.25, 0.3) is 17.7 Å². The third-order valence-corrected chi connectivity index (χ3v) is 8.17. The van der Waals surface area contributed by atoms with Crippen molar-refractivity contribution < 1.29 is 29.0 Å². The topological polar surface area (TPSA) is 143 Å². The molecule has 11 nitrogen and oxygen atoms in total. The van der Waals surface area contributed by atoms with Crippen LogP contribution in [-0.4, -0.2) is 56.2 Å². The Morgan fingerprint density at radius 1 is 1.17 bits per heavy atom. The maximum absolute atomic E-state index is 13.3. The summed E-state index contributed by atoms with van der Waals surface area (Å²) in [5.74, 6) is -3.21. The predicted molar refractivity (Wildman–Crippen MR) is 156 cm³/mol. The van der Waals surface area contributed by atoms with Gasteiger partial charge in [0.15, 0.2) is 6.23 Å². The number of carboxylic acid groups (broad SMARTS) is 1. The molecule has 3 amide bonds. The van der Waals surface area contributed by atoms with Gasteiger partial charge in [0.1, 0.15) is 6.04 Å². The van der Waals surface area contributed by atoms with Crippen LogP contribution in [0.5, 0.6) is 0 Å². The summed E-state index contributed by atoms with van der Waals surface area (Å²) in [4.78, 5) is 50.9. The number of aliphatic carboxylic acids is 1. The van der Waals surface area contributed by atoms with E-state index in [0.717, 1.165) is 47.1 Å². The van der Waals surface area contributed by atoms with Gasteiger partial charge in [-0.3, -0.25) is 19.8 Å². The van der Waals surface area contributed by atoms with Gasteiger partial charge in [0.2, 0.25) is 0 Å². The number of thiophene rings is 1. The zero-order chi connectivity index (χ0) is 29.8. The number of nitrogens with zero attached hydrogens (tertiary/aromatic N) is 3. The van der Waals surface area contributed by atoms with E-state index < -0.39 is 29.7 Å². The summed E-state index contributed by atoms with van der Waals surface area (Å²) in [6.45, 7) is 2.19. The molecule has 218 valence electrons. The molecule has 0 aliphatic carbocycles. The molecular formula is C29H28ClN5O6S. The molecule has 1 unspecified atom stereocenters. The molecule has 2 aromatic carbocycles. The van der Waals surface area contributed by atoms with Crippen LogP contribution >= 0.6 is 22.9 Å². The third kappa shape index (κ3) is 6.15. The number of aromatic nitrogens is 2. The third-order valence-electron chi connectivity index (χ3n) is 6.99. The Kier molecular flexibility index (Phi) is 8.86. The number of amides is 3. The highest BCUT2D eigenvalue weighted by Gasteiger charge is 2.30. The normalized spacial score (nSPS) is 15.6. The zero-order valence-electron chi connectivity index (χ0n) is 22.6. The molecular weight excluding hydrogens is 582 g/mol. The Balaban J connectivity index is 1.29. The van der Waals surface area contributed by atoms with Gasteiger partial charge in [-0.05, 0) is 67.5 Å². The van der Waals surface area contributed by atoms with E-state index in [0.29, 0.717) is 16.5 Å². The first-order valence-electron chi connectivity index (χ1n) is 13.3. The van der Waals surface area contributed by atoms with Gasteiger partial charge in [-0.1, -0.05) is 29.8 Å². The Morgan fingerprint density at radius 2 is 2.00 bits per heavy atom. The Hall–Kier alpha value is -4.26. The number of rotatable bonds is 8. The van der Waals surface area contributed by atoms with E-state index in [1.165, 1.54) is 25.1 Å². The van der Waals surface area contributed by atoms with Crippen LogP contribution in [0.1, 0.15) is 68.4 Å². The predicted octanol–water partition coefficient (Wildman–Crippen LogP) is 4.64. The van der Waals surface area contributed by atoms with Crippen molar-refractivity contribution in [2.45, 2.75) is 45.0 Å². The van der Waals surface area contributed by atoms with Crippen LogP contribution in [0.2, 0.25) is 5.02 Å². The zero-order valence-corrected chi connectivity index (χ0v) is 24.2. The molecule has 2 aromatic heterocycles. The largest absolute Gasteiger partial charge is 0.480 e. The maximum Gasteiger partial charge on any atom is 0.328 e. The van der Waals surface area contributed by atoms with Crippen molar-refractivity contribution in [3.05, 3.63) is 86.7 Å². The van der Waals surface area contributed by atoms with Crippen molar-refractivity contribution >= 4 is 57.5 Å². The molecule has 13 heteroatoms. The van der Waals surface area contributed by atoms with Gasteiger partial charge in [-0.15, -0.1) is 11.3 Å². The molecule has 2 atom stereocenters. The van der Waals surface area contributed by atoms with Crippen molar-refractivity contribution in [2.24, 2.45) is 0 Å². The fourth-order valence-corrected chi connectivity index (χ4v) is 5.55. The summed E-state index contributed by atoms with van der Waals surface area (Å²) in [7, 11) is 0. The lowest BCUT2D eigenvalue weighted by Gasteiger charge is -2.27. The van der Waals surface area contributed by atoms with E-state index in [1.807, 2.05) is 22.9 Å². The molecule has 3 N–H and O–H groups in total. The van der Waals surface area contributed by atoms with Crippen molar-refractivity contribution in [1.82, 2.24) is 25.5 Å². The summed E-state index contributed by atoms with van der Waals surface area (Å²) in [5, 5.41) is 20.2. The molecule has 0 bridgehead atoms. The van der Waals surface area contributed by atoms with E-state index in [4.69, 9.17) is 16.3 Å². The van der Waals surface area contributed by atoms with E-state index >= 15 is 0 Å². The van der Waals surface area contributed by atoms with Crippen LogP contribution in [0.25, 0.3) is 10.9 Å². The van der Waals surface area contributed by atoms with Gasteiger partial charge in [0, 0.05) is 24.1 Å². The average Bonchev–Trinajstić information content (AvgIpc) is 3.69. The number of hydrogen-bond acceptors (Lipinski definition) is 7. The monoisotopic (exact) mass is 609 g/mol. The minimum absolute atomic E-state index is 0.0727. The average molecular weight is 610 g/mol. The highest BCUT2D eigenvalue weighted by molar-refractivity contribution is 7.12. The number of hydrogen-bond donors (Lipinski definition) is 3. The molecule has 3 heterocycles. The van der Waals surface area contributed by atoms with Crippen LogP contribution in [0.4, 0.5) is 0 Å². The summed E-state index contributed by atoms with van der Waals surface area (Å²) >= 11 is 7.54. The maximum atomic E-state index is 13.3. The quantitative estimate of drug-likeness (QED) is 0.247. The molecule has 0 radical (unpaired) electrons. The highest BCUT2D eigenvalue weighted by Crippen LogP contribution is 2.28. The van der Waals surface area contributed by atoms with Crippen molar-refractivity contribution in [3.8, 4) is 0 Å². The first-order chi connectivity index (χ1) is 20.2. The fraction of sp³-hybridized carbons (Fsp3) is 0.276. The molecule has 4 aromatic rings. The minimum atomic E-state index is -1.39. The number of halogens is 1. The van der Waals surface area contributed by atoms with Crippen LogP contribution in [0, 0.1) is 0 Å². The number of fused-ring (bicyclic) bond motifs is 1. The number of carbonyl (C=O) groups is 4. The van der Waals surface area contributed by atoms with Crippen LogP contribution < -0.4 is 10.7 Å². The number of benzene rings is 2. The molecule has 1 aliphatic rings. The molecule has 1 saturated heterocycles. The number of hydrazine groups is 1. The van der Waals surface area contributed by atoms with Gasteiger partial charge in [0.05, 0.1) is 27.2 Å². The smallest absolute Gasteiger partial charge is 0.328 e. The fourth-order valence-electron chi connectivity index (χ4n) is 4.67. The highest BCUT2D eigenvalue weighted by atomic mass is 35.5. The minimum Gasteiger partial charge on any atom is -0.480 e. The second kappa shape index (κ2) is 12.7. The molecule has 0 saturated carbocycles. The second-order valence-corrected chi connectivity index (χ2v) is 11.1. The lowest BCUT2D eigenvalue weighted by molar-refractivity contribution is -0.142. The lowest BCUT2D eigenvalue weighted by atomic mass is 10.1. The van der Waals surface area contributed by atoms with E-state index in [9.17, 15) is 24.3 Å². The Morgan fingerprint density at radius 3 is 2.69 bits per heavy atom. The number of carboxylic acids is 1. The first kappa shape index (κ1) is 29.2. The van der Waals surface area contributed by atoms with Gasteiger partial charge >= 0.3 is 5.97 Å². The van der Waals surface area contributed by atoms with Crippen molar-refractivity contribution in [3.63, 3.8) is 0 Å². The summed E-state index contributed by atoms with van der Waals surface area (Å²) in [6, 6.07) is 11.7. The van der Waals surface area contributed by atoms with Crippen LogP contribution in [-0.2, 0) is 16.1 Å². The first-order valence-corrected chi connectivity index (χ1v) is 14.6. The standard InChI is InChI=1S/C29H28ClN5O6S/c1-17(29(39)40)34(33-27(37)24-8-5-13-42-24)28(38)20-11-10-18(14-22(20)30)26(36)31-15-19-6-4-7-23-21(19)16-32-35(23)25-9-2-3-12-41-25/h4-8,10-11,13-14,16-17,25H,2-3,9,12,15H2,1H3,(H,31,36)(H,33,37)(H,39,40)/t17-,25?/m0/s1. The summed E-state index contributed by atoms with van der Waals surface area (Å²) in [6.07, 6.45) is 4.67. The van der Waals surface area contributed by atoms with Gasteiger partial charge < -0.3 is 15.2 Å². The Bertz CT molecular complexity index is 1630. The van der Waals surface area contributed by atoms with Crippen molar-refractivity contribution in [1.29, 1.82) is 0 Å². The van der Waals surface area contributed by atoms with E-state index in [2.05, 4.69) is 15.8 Å². The number of nitrogens with one attached hydrogen (secondary N) is 2. The summed E-state index contributed by atoms with van der Waals surface area (Å²) < 4.78 is 7.76. The van der Waals surface area contributed by atoms with Crippen LogP contribution in [0.15, 0.2) is 60.1 Å². The van der Waals surface area contributed by atoms with Gasteiger partial charge in [-0.25, -0.2) is 14.5 Å². The summed E-state index contributed by atoms with van der Waals surface area (Å²) in [5.41, 5.74) is 4.29. The molecule has 42 heavy (non-hydrogen) atoms. The van der Waals surface area contributed by atoms with Crippen LogP contribution in [0.3, 0.4) is 0 Å². The lowest BCUT2D eigenvalue weighted by Crippen LogP contribution is -2.53. The van der Waals surface area contributed by atoms with Crippen molar-refractivity contribution in [2.75, 3.05) is 6.61 Å². The molecule has 0 spiro atoms. The number of carbonyl (C=O) groups excluding carboxylic acids is 3. The molecule has 5 rings (SSSR count). The SMILES string of the molecule is C[C@@H](C(=O)O)N(NC(=O)c1cccs1)C(=O)c1ccc(C(=O)NCc2cccc3c2cnn3C2CCCCO2)cc1Cl. The van der Waals surface area contributed by atoms with E-state index in [1.54, 1.807) is 23.7 Å². The second-order valence-electron chi connectivity index (χ2n) is 9.75. The van der Waals surface area contributed by atoms with E-state index in [-0.39, 0.29) is 28.9 Å². The molecule has 1 fully saturated rings. The van der Waals surface area contributed by atoms with Gasteiger partial charge in [-0.2, -0.15) is 5.10 Å². The molecule has 1 aliphatic heterocycles. The number of ether oxygens (including phenoxy) is 1. The Labute approximate surface area is 250 Å².